The zero-order valence-corrected chi connectivity index (χ0v) is 29.3. The van der Waals surface area contributed by atoms with Crippen molar-refractivity contribution in [3.8, 4) is 33.6 Å². The molecule has 0 fully saturated rings. The van der Waals surface area contributed by atoms with E-state index in [0.29, 0.717) is 5.75 Å². The second kappa shape index (κ2) is 13.7. The largest absolute Gasteiger partial charge is 0.881 e. The molecule has 0 atom stereocenters. The Hall–Kier alpha value is -6.04. The lowest BCUT2D eigenvalue weighted by atomic mass is 10.1. The molecule has 0 unspecified atom stereocenters. The van der Waals surface area contributed by atoms with Crippen LogP contribution in [-0.4, -0.2) is 20.9 Å². The highest BCUT2D eigenvalue weighted by atomic mass is 32.1. The average Bonchev–Trinajstić information content (AvgIpc) is 3.63. The number of ether oxygens (including phenoxy) is 1. The van der Waals surface area contributed by atoms with Crippen molar-refractivity contribution in [1.29, 1.82) is 0 Å². The first-order chi connectivity index (χ1) is 25.3. The number of hydrogen-bond donors (Lipinski definition) is 0. The van der Waals surface area contributed by atoms with Gasteiger partial charge in [0, 0.05) is 28.7 Å². The fourth-order valence-corrected chi connectivity index (χ4v) is 7.91. The van der Waals surface area contributed by atoms with E-state index in [-0.39, 0.29) is 0 Å². The van der Waals surface area contributed by atoms with Crippen LogP contribution in [0.15, 0.2) is 176 Å². The van der Waals surface area contributed by atoms with Crippen molar-refractivity contribution in [2.45, 2.75) is 0 Å². The Kier molecular flexibility index (Phi) is 8.32. The molecule has 0 aliphatic carbocycles. The second-order valence-corrected chi connectivity index (χ2v) is 13.6. The summed E-state index contributed by atoms with van der Waals surface area (Å²) in [5, 5.41) is 0.895. The van der Waals surface area contributed by atoms with Gasteiger partial charge < -0.3 is 22.1 Å². The van der Waals surface area contributed by atoms with Gasteiger partial charge in [0.15, 0.2) is 11.5 Å². The molecule has 8 aromatic rings. The van der Waals surface area contributed by atoms with Gasteiger partial charge in [-0.1, -0.05) is 72.8 Å². The van der Waals surface area contributed by atoms with E-state index in [0.717, 1.165) is 72.2 Å². The van der Waals surface area contributed by atoms with E-state index in [2.05, 4.69) is 107 Å². The van der Waals surface area contributed by atoms with Crippen LogP contribution in [0.3, 0.4) is 0 Å². The zero-order chi connectivity index (χ0) is 34.0. The van der Waals surface area contributed by atoms with E-state index in [1.54, 1.807) is 11.3 Å². The third-order valence-corrected chi connectivity index (χ3v) is 10.5. The Morgan fingerprint density at radius 3 is 1.82 bits per heavy atom. The molecule has 0 bridgehead atoms. The molecule has 1 radical (unpaired) electrons. The van der Waals surface area contributed by atoms with Crippen LogP contribution in [0.4, 0.5) is 34.1 Å². The van der Waals surface area contributed by atoms with E-state index in [9.17, 15) is 0 Å². The summed E-state index contributed by atoms with van der Waals surface area (Å²) in [6.45, 7) is 0. The highest BCUT2D eigenvalue weighted by molar-refractivity contribution is 7.21. The molecule has 0 saturated carbocycles. The predicted molar refractivity (Wildman–Crippen MR) is 208 cm³/mol. The number of aromatic nitrogens is 1. The van der Waals surface area contributed by atoms with Gasteiger partial charge in [-0.05, 0) is 97.1 Å². The van der Waals surface area contributed by atoms with Crippen LogP contribution in [0.1, 0.15) is 0 Å². The minimum absolute atomic E-state index is 0.707. The summed E-state index contributed by atoms with van der Waals surface area (Å²) in [4.78, 5) is 9.41. The molecule has 1 aliphatic heterocycles. The molecule has 0 amide bonds. The van der Waals surface area contributed by atoms with Crippen molar-refractivity contribution >= 4 is 71.6 Å². The van der Waals surface area contributed by atoms with Gasteiger partial charge in [-0.15, -0.1) is 11.3 Å². The van der Waals surface area contributed by atoms with E-state index >= 15 is 0 Å². The maximum atomic E-state index is 6.57. The van der Waals surface area contributed by atoms with Crippen molar-refractivity contribution in [2.24, 2.45) is 0 Å². The Morgan fingerprint density at radius 1 is 0.569 bits per heavy atom. The van der Waals surface area contributed by atoms with Crippen molar-refractivity contribution in [3.05, 3.63) is 176 Å². The Morgan fingerprint density at radius 2 is 1.16 bits per heavy atom. The molecule has 0 N–H and O–H groups in total. The number of rotatable bonds is 9. The SMILES string of the molecule is c1ccc(N(c2ccccc2)c2ccc([O][Al][O]c3cc(N4c5ccccc5Oc5ccccc54)ccc3-c3nc4ccccc4s3)cc2)cc1. The number of hydrogen-bond acceptors (Lipinski definition) is 7. The lowest BCUT2D eigenvalue weighted by Gasteiger charge is -2.33. The molecule has 51 heavy (non-hydrogen) atoms. The van der Waals surface area contributed by atoms with Crippen molar-refractivity contribution in [1.82, 2.24) is 4.98 Å². The van der Waals surface area contributed by atoms with Crippen LogP contribution < -0.4 is 22.1 Å². The average molecular weight is 695 g/mol. The van der Waals surface area contributed by atoms with Crippen LogP contribution >= 0.6 is 11.3 Å². The minimum Gasteiger partial charge on any atom is -0.616 e. The van der Waals surface area contributed by atoms with E-state index in [4.69, 9.17) is 17.3 Å². The molecule has 0 saturated heterocycles. The second-order valence-electron chi connectivity index (χ2n) is 11.9. The van der Waals surface area contributed by atoms with Crippen molar-refractivity contribution in [3.63, 3.8) is 0 Å². The fourth-order valence-electron chi connectivity index (χ4n) is 6.30. The maximum absolute atomic E-state index is 6.57. The summed E-state index contributed by atoms with van der Waals surface area (Å²) < 4.78 is 20.3. The normalized spacial score (nSPS) is 11.6. The Balaban J connectivity index is 1.03. The van der Waals surface area contributed by atoms with Gasteiger partial charge in [0.2, 0.25) is 0 Å². The first kappa shape index (κ1) is 31.0. The summed E-state index contributed by atoms with van der Waals surface area (Å²) in [5.41, 5.74) is 7.95. The maximum Gasteiger partial charge on any atom is 0.881 e. The summed E-state index contributed by atoms with van der Waals surface area (Å²) in [6.07, 6.45) is 0. The fraction of sp³-hybridized carbons (Fsp3) is 0. The number of benzene rings is 7. The number of fused-ring (bicyclic) bond motifs is 3. The molecule has 1 aromatic heterocycles. The van der Waals surface area contributed by atoms with Crippen LogP contribution in [0.2, 0.25) is 0 Å². The Bertz CT molecular complexity index is 2340. The van der Waals surface area contributed by atoms with Gasteiger partial charge in [-0.25, -0.2) is 4.98 Å². The van der Waals surface area contributed by atoms with Gasteiger partial charge in [0.05, 0.1) is 38.8 Å². The smallest absolute Gasteiger partial charge is 0.616 e. The molecule has 6 nitrogen and oxygen atoms in total. The number of nitrogens with zero attached hydrogens (tertiary/aromatic N) is 3. The number of para-hydroxylation sites is 7. The molecule has 0 spiro atoms. The van der Waals surface area contributed by atoms with E-state index in [1.165, 1.54) is 0 Å². The highest BCUT2D eigenvalue weighted by Gasteiger charge is 2.26. The molecular formula is C43H29AlN3O3S. The lowest BCUT2D eigenvalue weighted by Crippen LogP contribution is -2.16. The van der Waals surface area contributed by atoms with Crippen molar-refractivity contribution < 1.29 is 12.3 Å². The molecule has 2 heterocycles. The van der Waals surface area contributed by atoms with Crippen LogP contribution in [0.5, 0.6) is 23.0 Å². The predicted octanol–water partition coefficient (Wildman–Crippen LogP) is 12.0. The molecule has 7 aromatic carbocycles. The van der Waals surface area contributed by atoms with Gasteiger partial charge in [0.25, 0.3) is 0 Å². The highest BCUT2D eigenvalue weighted by Crippen LogP contribution is 2.51. The summed E-state index contributed by atoms with van der Waals surface area (Å²) in [7, 11) is 0. The standard InChI is InChI=1S/C25H16N2O2S.C18H15NO.Al/c28-21-15-16(13-14-17(21)25-26-18-7-1-6-12-24(18)30-25)27-19-8-2-4-10-22(19)29-23-11-5-3-9-20(23)27;20-18-13-11-17(12-14-18)19(15-7-3-1-4-8-15)16-9-5-2-6-10-16;/h1-15,28H;1-14,20H;/q;;+2/p-2. The van der Waals surface area contributed by atoms with E-state index < -0.39 is 15.9 Å². The summed E-state index contributed by atoms with van der Waals surface area (Å²) in [5.74, 6) is 3.04. The summed E-state index contributed by atoms with van der Waals surface area (Å²) >= 11 is 0.748. The molecule has 1 aliphatic rings. The molecule has 8 heteroatoms. The summed E-state index contributed by atoms with van der Waals surface area (Å²) in [6, 6.07) is 59.5. The first-order valence-electron chi connectivity index (χ1n) is 16.6. The Labute approximate surface area is 306 Å². The van der Waals surface area contributed by atoms with Gasteiger partial charge in [0.1, 0.15) is 5.01 Å². The topological polar surface area (TPSA) is 47.1 Å². The van der Waals surface area contributed by atoms with Gasteiger partial charge >= 0.3 is 15.9 Å². The third-order valence-electron chi connectivity index (χ3n) is 8.66. The number of anilines is 6. The first-order valence-corrected chi connectivity index (χ1v) is 18.4. The van der Waals surface area contributed by atoms with E-state index in [1.807, 2.05) is 78.9 Å². The molecule has 243 valence electrons. The minimum atomic E-state index is -0.905. The van der Waals surface area contributed by atoms with Gasteiger partial charge in [-0.2, -0.15) is 0 Å². The third kappa shape index (κ3) is 6.18. The van der Waals surface area contributed by atoms with Crippen LogP contribution in [0, 0.1) is 0 Å². The van der Waals surface area contributed by atoms with Crippen LogP contribution in [0.25, 0.3) is 20.8 Å². The number of thiazole rings is 1. The lowest BCUT2D eigenvalue weighted by molar-refractivity contribution is 0.460. The van der Waals surface area contributed by atoms with Gasteiger partial charge in [-0.3, -0.25) is 0 Å². The quantitative estimate of drug-likeness (QED) is 0.140. The zero-order valence-electron chi connectivity index (χ0n) is 27.3. The molecular weight excluding hydrogens is 666 g/mol. The van der Waals surface area contributed by atoms with Crippen molar-refractivity contribution in [2.75, 3.05) is 9.80 Å². The molecule has 9 rings (SSSR count). The monoisotopic (exact) mass is 694 g/mol. The van der Waals surface area contributed by atoms with Crippen LogP contribution in [-0.2, 0) is 0 Å².